The second kappa shape index (κ2) is 17.7. The van der Waals surface area contributed by atoms with Crippen molar-refractivity contribution >= 4 is 17.1 Å². The Labute approximate surface area is 293 Å². The first-order chi connectivity index (χ1) is 24.1. The lowest BCUT2D eigenvalue weighted by molar-refractivity contribution is 0.0106. The molecule has 50 heavy (non-hydrogen) atoms. The second-order valence-corrected chi connectivity index (χ2v) is 13.6. The molecule has 0 saturated carbocycles. The summed E-state index contributed by atoms with van der Waals surface area (Å²) in [5, 5.41) is 3.42. The minimum Gasteiger partial charge on any atom is -0.491 e. The number of aromatic amines is 2. The van der Waals surface area contributed by atoms with E-state index in [1.807, 2.05) is 70.2 Å². The van der Waals surface area contributed by atoms with Gasteiger partial charge in [0.15, 0.2) is 0 Å². The third-order valence-corrected chi connectivity index (χ3v) is 8.50. The van der Waals surface area contributed by atoms with Crippen molar-refractivity contribution in [3.8, 4) is 11.7 Å². The van der Waals surface area contributed by atoms with Crippen LogP contribution in [0.1, 0.15) is 61.9 Å². The van der Waals surface area contributed by atoms with Gasteiger partial charge in [0.1, 0.15) is 18.0 Å². The Morgan fingerprint density at radius 1 is 0.920 bits per heavy atom. The number of aryl methyl sites for hydroxylation is 2. The van der Waals surface area contributed by atoms with Gasteiger partial charge in [-0.3, -0.25) is 9.89 Å². The van der Waals surface area contributed by atoms with Gasteiger partial charge in [-0.2, -0.15) is 4.68 Å². The molecular formula is C37H52N6O7. The molecule has 1 aliphatic heterocycles. The van der Waals surface area contributed by atoms with E-state index < -0.39 is 5.60 Å². The number of carbonyl (C=O) groups is 1. The zero-order chi connectivity index (χ0) is 35.5. The fraction of sp³-hybridized carbons (Fsp3) is 0.541. The number of carbonyl (C=O) groups excluding carboxylic acids is 1. The van der Waals surface area contributed by atoms with Crippen molar-refractivity contribution in [2.45, 2.75) is 64.9 Å². The molecule has 4 N–H and O–H groups in total. The number of benzene rings is 2. The number of hydrogen-bond acceptors (Lipinski definition) is 9. The standard InChI is InChI=1S/C37H52N6O7/c1-26-5-12-31-32(25-26)40-35(39-31)43-34(44)30(33(41-43)28-13-16-42(17-14-28)36(45)50-37(2,3)4)11-8-27-6-9-29(10-7-27)49-24-23-48-22-21-47-20-19-46-18-15-38/h5-7,9-10,12,25,28,41H,8,11,13-24,38H2,1-4H3,(H,39,40). The Morgan fingerprint density at radius 3 is 2.24 bits per heavy atom. The van der Waals surface area contributed by atoms with Gasteiger partial charge < -0.3 is 39.3 Å². The summed E-state index contributed by atoms with van der Waals surface area (Å²) >= 11 is 0. The molecule has 13 heteroatoms. The van der Waals surface area contributed by atoms with E-state index in [4.69, 9.17) is 34.4 Å². The molecule has 0 aliphatic carbocycles. The summed E-state index contributed by atoms with van der Waals surface area (Å²) < 4.78 is 29.3. The third kappa shape index (κ3) is 10.4. The Kier molecular flexibility index (Phi) is 13.1. The Hall–Kier alpha value is -4.17. The normalized spacial score (nSPS) is 14.1. The molecule has 3 heterocycles. The molecule has 2 aromatic carbocycles. The average Bonchev–Trinajstić information content (AvgIpc) is 3.66. The number of nitrogens with one attached hydrogen (secondary N) is 2. The molecular weight excluding hydrogens is 640 g/mol. The van der Waals surface area contributed by atoms with Gasteiger partial charge in [0.2, 0.25) is 5.95 Å². The van der Waals surface area contributed by atoms with E-state index in [1.54, 1.807) is 4.90 Å². The highest BCUT2D eigenvalue weighted by atomic mass is 16.6. The number of nitrogens with two attached hydrogens (primary N) is 1. The van der Waals surface area contributed by atoms with Gasteiger partial charge in [0.05, 0.1) is 50.7 Å². The van der Waals surface area contributed by atoms with E-state index in [-0.39, 0.29) is 17.6 Å². The molecule has 13 nitrogen and oxygen atoms in total. The van der Waals surface area contributed by atoms with Gasteiger partial charge in [-0.25, -0.2) is 9.78 Å². The Balaban J connectivity index is 1.19. The van der Waals surface area contributed by atoms with Crippen LogP contribution in [0.3, 0.4) is 0 Å². The minimum absolute atomic E-state index is 0.0872. The molecule has 0 radical (unpaired) electrons. The zero-order valence-electron chi connectivity index (χ0n) is 29.8. The van der Waals surface area contributed by atoms with Crippen LogP contribution in [0.25, 0.3) is 17.0 Å². The predicted molar refractivity (Wildman–Crippen MR) is 191 cm³/mol. The molecule has 1 amide bonds. The van der Waals surface area contributed by atoms with Crippen molar-refractivity contribution in [2.24, 2.45) is 5.73 Å². The summed E-state index contributed by atoms with van der Waals surface area (Å²) in [6.45, 7) is 12.7. The first kappa shape index (κ1) is 37.1. The van der Waals surface area contributed by atoms with E-state index in [2.05, 4.69) is 10.1 Å². The molecule has 5 rings (SSSR count). The number of aromatic nitrogens is 4. The van der Waals surface area contributed by atoms with Gasteiger partial charge >= 0.3 is 6.09 Å². The van der Waals surface area contributed by atoms with Crippen LogP contribution < -0.4 is 16.0 Å². The maximum atomic E-state index is 14.0. The van der Waals surface area contributed by atoms with Crippen LogP contribution >= 0.6 is 0 Å². The Bertz CT molecular complexity index is 1710. The molecule has 0 atom stereocenters. The molecule has 1 fully saturated rings. The lowest BCUT2D eigenvalue weighted by Gasteiger charge is -2.33. The maximum Gasteiger partial charge on any atom is 0.410 e. The largest absolute Gasteiger partial charge is 0.491 e. The van der Waals surface area contributed by atoms with Crippen molar-refractivity contribution in [2.75, 3.05) is 65.9 Å². The van der Waals surface area contributed by atoms with Gasteiger partial charge in [0, 0.05) is 36.8 Å². The van der Waals surface area contributed by atoms with E-state index in [0.717, 1.165) is 52.0 Å². The first-order valence-corrected chi connectivity index (χ1v) is 17.5. The number of amides is 1. The number of piperidine rings is 1. The fourth-order valence-electron chi connectivity index (χ4n) is 5.98. The summed E-state index contributed by atoms with van der Waals surface area (Å²) in [6.07, 6.45) is 2.37. The summed E-state index contributed by atoms with van der Waals surface area (Å²) in [4.78, 5) is 36.5. The lowest BCUT2D eigenvalue weighted by atomic mass is 9.90. The number of nitrogens with zero attached hydrogens (tertiary/aromatic N) is 3. The van der Waals surface area contributed by atoms with Crippen molar-refractivity contribution in [1.29, 1.82) is 0 Å². The van der Waals surface area contributed by atoms with Gasteiger partial charge in [-0.1, -0.05) is 18.2 Å². The zero-order valence-corrected chi connectivity index (χ0v) is 29.8. The molecule has 0 spiro atoms. The molecule has 1 aliphatic rings. The van der Waals surface area contributed by atoms with E-state index in [0.29, 0.717) is 84.7 Å². The minimum atomic E-state index is -0.551. The van der Waals surface area contributed by atoms with Gasteiger partial charge in [0.25, 0.3) is 5.56 Å². The van der Waals surface area contributed by atoms with E-state index >= 15 is 0 Å². The number of ether oxygens (including phenoxy) is 5. The quantitative estimate of drug-likeness (QED) is 0.134. The Morgan fingerprint density at radius 2 is 1.58 bits per heavy atom. The molecule has 272 valence electrons. The highest BCUT2D eigenvalue weighted by Gasteiger charge is 2.31. The van der Waals surface area contributed by atoms with E-state index in [9.17, 15) is 9.59 Å². The fourth-order valence-corrected chi connectivity index (χ4v) is 5.98. The molecule has 1 saturated heterocycles. The summed E-state index contributed by atoms with van der Waals surface area (Å²) in [6, 6.07) is 13.9. The maximum absolute atomic E-state index is 14.0. The van der Waals surface area contributed by atoms with Crippen molar-refractivity contribution < 1.29 is 28.5 Å². The summed E-state index contributed by atoms with van der Waals surface area (Å²) in [7, 11) is 0. The number of H-pyrrole nitrogens is 2. The highest BCUT2D eigenvalue weighted by molar-refractivity contribution is 5.77. The number of hydrogen-bond donors (Lipinski definition) is 3. The SMILES string of the molecule is Cc1ccc2nc(-n3[nH]c(C4CCN(C(=O)OC(C)(C)C)CC4)c(CCc4ccc(OCCOCCOCCOCCN)cc4)c3=O)[nH]c2c1. The van der Waals surface area contributed by atoms with Crippen LogP contribution in [0.5, 0.6) is 5.75 Å². The van der Waals surface area contributed by atoms with Crippen LogP contribution in [0.2, 0.25) is 0 Å². The molecule has 4 aromatic rings. The smallest absolute Gasteiger partial charge is 0.410 e. The van der Waals surface area contributed by atoms with Crippen LogP contribution in [0, 0.1) is 6.92 Å². The van der Waals surface area contributed by atoms with Gasteiger partial charge in [-0.15, -0.1) is 0 Å². The first-order valence-electron chi connectivity index (χ1n) is 17.5. The van der Waals surface area contributed by atoms with Gasteiger partial charge in [-0.05, 0) is 88.8 Å². The van der Waals surface area contributed by atoms with Crippen LogP contribution in [0.15, 0.2) is 47.3 Å². The van der Waals surface area contributed by atoms with Crippen molar-refractivity contribution in [1.82, 2.24) is 24.6 Å². The van der Waals surface area contributed by atoms with Crippen LogP contribution in [0.4, 0.5) is 4.79 Å². The monoisotopic (exact) mass is 692 g/mol. The summed E-state index contributed by atoms with van der Waals surface area (Å²) in [5.41, 5.74) is 10.2. The molecule has 0 unspecified atom stereocenters. The second-order valence-electron chi connectivity index (χ2n) is 13.6. The van der Waals surface area contributed by atoms with Crippen molar-refractivity contribution in [3.05, 3.63) is 75.2 Å². The van der Waals surface area contributed by atoms with Crippen molar-refractivity contribution in [3.63, 3.8) is 0 Å². The lowest BCUT2D eigenvalue weighted by Crippen LogP contribution is -2.41. The summed E-state index contributed by atoms with van der Waals surface area (Å²) in [5.74, 6) is 1.30. The third-order valence-electron chi connectivity index (χ3n) is 8.50. The number of fused-ring (bicyclic) bond motifs is 1. The predicted octanol–water partition coefficient (Wildman–Crippen LogP) is 4.64. The van der Waals surface area contributed by atoms with Crippen LogP contribution in [-0.2, 0) is 31.8 Å². The number of imidazole rings is 1. The molecule has 2 aromatic heterocycles. The highest BCUT2D eigenvalue weighted by Crippen LogP contribution is 2.30. The topological polar surface area (TPSA) is 159 Å². The number of rotatable bonds is 17. The van der Waals surface area contributed by atoms with E-state index in [1.165, 1.54) is 4.68 Å². The average molecular weight is 693 g/mol. The van der Waals surface area contributed by atoms with Crippen LogP contribution in [-0.4, -0.2) is 102 Å². The molecule has 0 bridgehead atoms. The number of likely N-dealkylation sites (tertiary alicyclic amines) is 1.